The van der Waals surface area contributed by atoms with Crippen molar-refractivity contribution >= 4 is 17.7 Å². The average molecular weight is 351 g/mol. The molecule has 2 nitrogen and oxygen atoms in total. The third-order valence-electron chi connectivity index (χ3n) is 5.99. The van der Waals surface area contributed by atoms with Gasteiger partial charge in [0.2, 0.25) is 5.91 Å². The Labute approximate surface area is 145 Å². The second kappa shape index (κ2) is 6.01. The summed E-state index contributed by atoms with van der Waals surface area (Å²) in [7, 11) is 0. The highest BCUT2D eigenvalue weighted by Gasteiger charge is 2.51. The summed E-state index contributed by atoms with van der Waals surface area (Å²) in [6.45, 7) is 1.79. The zero-order chi connectivity index (χ0) is 16.9. The van der Waals surface area contributed by atoms with Gasteiger partial charge >= 0.3 is 0 Å². The van der Waals surface area contributed by atoms with Crippen LogP contribution in [0, 0.1) is 29.4 Å². The number of rotatable bonds is 4. The number of thioether (sulfide) groups is 1. The zero-order valence-corrected chi connectivity index (χ0v) is 14.7. The summed E-state index contributed by atoms with van der Waals surface area (Å²) in [4.78, 5) is 13.0. The van der Waals surface area contributed by atoms with E-state index in [1.165, 1.54) is 31.4 Å². The van der Waals surface area contributed by atoms with Crippen LogP contribution in [0.2, 0.25) is 0 Å². The van der Waals surface area contributed by atoms with E-state index in [9.17, 15) is 13.6 Å². The molecule has 4 bridgehead atoms. The maximum atomic E-state index is 13.8. The van der Waals surface area contributed by atoms with Gasteiger partial charge in [-0.2, -0.15) is 0 Å². The highest BCUT2D eigenvalue weighted by molar-refractivity contribution is 8.00. The van der Waals surface area contributed by atoms with Crippen LogP contribution >= 0.6 is 11.8 Å². The molecule has 4 fully saturated rings. The summed E-state index contributed by atoms with van der Waals surface area (Å²) < 4.78 is 26.8. The molecular formula is C19H23F2NOS. The van der Waals surface area contributed by atoms with Crippen molar-refractivity contribution in [2.24, 2.45) is 17.8 Å². The SMILES string of the molecule is CC(Sc1ccc(F)cc1F)C(=O)NC12CC3CC(CC(C3)C1)C2. The molecule has 4 aliphatic rings. The Kier molecular flexibility index (Phi) is 4.10. The molecule has 0 saturated heterocycles. The molecule has 1 N–H and O–H groups in total. The first kappa shape index (κ1) is 16.4. The van der Waals surface area contributed by atoms with E-state index in [2.05, 4.69) is 5.32 Å². The van der Waals surface area contributed by atoms with Crippen LogP contribution < -0.4 is 5.32 Å². The predicted octanol–water partition coefficient (Wildman–Crippen LogP) is 4.53. The van der Waals surface area contributed by atoms with Gasteiger partial charge < -0.3 is 5.32 Å². The number of benzene rings is 1. The fraction of sp³-hybridized carbons (Fsp3) is 0.632. The fourth-order valence-electron chi connectivity index (χ4n) is 5.44. The Bertz CT molecular complexity index is 627. The highest BCUT2D eigenvalue weighted by Crippen LogP contribution is 2.55. The largest absolute Gasteiger partial charge is 0.350 e. The monoisotopic (exact) mass is 351 g/mol. The Hall–Kier alpha value is -1.10. The van der Waals surface area contributed by atoms with Crippen LogP contribution in [0.1, 0.15) is 45.4 Å². The van der Waals surface area contributed by atoms with Crippen LogP contribution in [-0.2, 0) is 4.79 Å². The maximum absolute atomic E-state index is 13.8. The molecule has 0 radical (unpaired) electrons. The average Bonchev–Trinajstić information content (AvgIpc) is 2.48. The quantitative estimate of drug-likeness (QED) is 0.808. The molecule has 130 valence electrons. The lowest BCUT2D eigenvalue weighted by molar-refractivity contribution is -0.126. The van der Waals surface area contributed by atoms with E-state index in [1.807, 2.05) is 0 Å². The van der Waals surface area contributed by atoms with Crippen molar-refractivity contribution in [3.8, 4) is 0 Å². The molecule has 4 aliphatic carbocycles. The van der Waals surface area contributed by atoms with Gasteiger partial charge in [0.15, 0.2) is 0 Å². The van der Waals surface area contributed by atoms with Gasteiger partial charge in [0.25, 0.3) is 0 Å². The Morgan fingerprint density at radius 1 is 1.17 bits per heavy atom. The predicted molar refractivity (Wildman–Crippen MR) is 90.7 cm³/mol. The molecule has 0 aliphatic heterocycles. The molecule has 0 aromatic heterocycles. The molecule has 1 atom stereocenters. The van der Waals surface area contributed by atoms with E-state index in [0.717, 1.165) is 54.8 Å². The first-order valence-electron chi connectivity index (χ1n) is 8.86. The fourth-order valence-corrected chi connectivity index (χ4v) is 6.31. The smallest absolute Gasteiger partial charge is 0.233 e. The van der Waals surface area contributed by atoms with E-state index in [-0.39, 0.29) is 11.4 Å². The summed E-state index contributed by atoms with van der Waals surface area (Å²) in [5.41, 5.74) is -0.0258. The van der Waals surface area contributed by atoms with Crippen molar-refractivity contribution in [1.82, 2.24) is 5.32 Å². The Balaban J connectivity index is 1.42. The molecule has 5 rings (SSSR count). The lowest BCUT2D eigenvalue weighted by Gasteiger charge is -2.57. The van der Waals surface area contributed by atoms with Gasteiger partial charge in [-0.15, -0.1) is 11.8 Å². The van der Waals surface area contributed by atoms with Crippen molar-refractivity contribution in [2.75, 3.05) is 0 Å². The number of carbonyl (C=O) groups excluding carboxylic acids is 1. The van der Waals surface area contributed by atoms with Gasteiger partial charge in [0.1, 0.15) is 11.6 Å². The van der Waals surface area contributed by atoms with Gasteiger partial charge in [-0.1, -0.05) is 0 Å². The first-order chi connectivity index (χ1) is 11.4. The third kappa shape index (κ3) is 3.07. The summed E-state index contributed by atoms with van der Waals surface area (Å²) >= 11 is 1.16. The van der Waals surface area contributed by atoms with Crippen LogP contribution in [0.15, 0.2) is 23.1 Å². The molecular weight excluding hydrogens is 328 g/mol. The van der Waals surface area contributed by atoms with Crippen LogP contribution in [0.3, 0.4) is 0 Å². The lowest BCUT2D eigenvalue weighted by Crippen LogP contribution is -2.60. The van der Waals surface area contributed by atoms with Crippen molar-refractivity contribution in [3.63, 3.8) is 0 Å². The second-order valence-electron chi connectivity index (χ2n) is 8.02. The minimum Gasteiger partial charge on any atom is -0.350 e. The second-order valence-corrected chi connectivity index (χ2v) is 9.40. The molecule has 0 spiro atoms. The van der Waals surface area contributed by atoms with Gasteiger partial charge in [0.05, 0.1) is 5.25 Å². The van der Waals surface area contributed by atoms with Gasteiger partial charge in [-0.05, 0) is 75.3 Å². The number of carbonyl (C=O) groups is 1. The summed E-state index contributed by atoms with van der Waals surface area (Å²) in [6, 6.07) is 3.50. The van der Waals surface area contributed by atoms with Crippen LogP contribution in [0.25, 0.3) is 0 Å². The number of hydrogen-bond acceptors (Lipinski definition) is 2. The van der Waals surface area contributed by atoms with E-state index in [4.69, 9.17) is 0 Å². The molecule has 4 saturated carbocycles. The van der Waals surface area contributed by atoms with Gasteiger partial charge in [0, 0.05) is 16.5 Å². The molecule has 1 amide bonds. The molecule has 1 aromatic carbocycles. The molecule has 5 heteroatoms. The lowest BCUT2D eigenvalue weighted by atomic mass is 9.53. The number of nitrogens with one attached hydrogen (secondary N) is 1. The number of amides is 1. The molecule has 1 aromatic rings. The van der Waals surface area contributed by atoms with Crippen molar-refractivity contribution < 1.29 is 13.6 Å². The third-order valence-corrected chi connectivity index (χ3v) is 7.15. The van der Waals surface area contributed by atoms with Gasteiger partial charge in [-0.3, -0.25) is 4.79 Å². The summed E-state index contributed by atoms with van der Waals surface area (Å²) in [5.74, 6) is 1.10. The highest BCUT2D eigenvalue weighted by atomic mass is 32.2. The normalized spacial score (nSPS) is 35.0. The summed E-state index contributed by atoms with van der Waals surface area (Å²) in [6.07, 6.45) is 7.31. The number of halogens is 2. The minimum atomic E-state index is -0.602. The molecule has 1 unspecified atom stereocenters. The van der Waals surface area contributed by atoms with Crippen LogP contribution in [0.5, 0.6) is 0 Å². The number of hydrogen-bond donors (Lipinski definition) is 1. The zero-order valence-electron chi connectivity index (χ0n) is 13.9. The van der Waals surface area contributed by atoms with E-state index >= 15 is 0 Å². The van der Waals surface area contributed by atoms with Gasteiger partial charge in [-0.25, -0.2) is 8.78 Å². The maximum Gasteiger partial charge on any atom is 0.233 e. The topological polar surface area (TPSA) is 29.1 Å². The van der Waals surface area contributed by atoms with Crippen molar-refractivity contribution in [1.29, 1.82) is 0 Å². The first-order valence-corrected chi connectivity index (χ1v) is 9.74. The molecule has 0 heterocycles. The van der Waals surface area contributed by atoms with E-state index in [0.29, 0.717) is 4.90 Å². The minimum absolute atomic E-state index is 0.0225. The van der Waals surface area contributed by atoms with Crippen LogP contribution in [0.4, 0.5) is 8.78 Å². The Morgan fingerprint density at radius 3 is 2.29 bits per heavy atom. The Morgan fingerprint density at radius 2 is 1.75 bits per heavy atom. The summed E-state index contributed by atoms with van der Waals surface area (Å²) in [5, 5.41) is 2.93. The van der Waals surface area contributed by atoms with Crippen molar-refractivity contribution in [3.05, 3.63) is 29.8 Å². The molecule has 24 heavy (non-hydrogen) atoms. The van der Waals surface area contributed by atoms with Crippen LogP contribution in [-0.4, -0.2) is 16.7 Å². The van der Waals surface area contributed by atoms with E-state index in [1.54, 1.807) is 6.92 Å². The standard InChI is InChI=1S/C19H23F2NOS/c1-11(24-17-3-2-15(20)7-16(17)21)18(23)22-19-8-12-4-13(9-19)6-14(5-12)10-19/h2-3,7,11-14H,4-6,8-10H2,1H3,(H,22,23). The van der Waals surface area contributed by atoms with E-state index < -0.39 is 16.9 Å². The van der Waals surface area contributed by atoms with Crippen molar-refractivity contribution in [2.45, 2.75) is 61.1 Å².